The summed E-state index contributed by atoms with van der Waals surface area (Å²) in [6, 6.07) is 5.12. The number of hydrogen-bond acceptors (Lipinski definition) is 2. The Balaban J connectivity index is 2.40. The van der Waals surface area contributed by atoms with Gasteiger partial charge in [-0.25, -0.2) is 0 Å². The van der Waals surface area contributed by atoms with Crippen molar-refractivity contribution >= 4 is 5.97 Å². The molecule has 0 radical (unpaired) electrons. The maximum Gasteiger partial charge on any atom is 0.416 e. The number of rotatable bonds is 7. The highest BCUT2D eigenvalue weighted by Gasteiger charge is 2.30. The second-order valence-corrected chi connectivity index (χ2v) is 4.72. The molecule has 0 aromatic heterocycles. The fraction of sp³-hybridized carbons (Fsp3) is 0.500. The monoisotopic (exact) mass is 289 g/mol. The van der Waals surface area contributed by atoms with Gasteiger partial charge in [-0.3, -0.25) is 4.79 Å². The zero-order valence-corrected chi connectivity index (χ0v) is 11.2. The molecule has 3 nitrogen and oxygen atoms in total. The first-order valence-corrected chi connectivity index (χ1v) is 6.40. The third-order valence-electron chi connectivity index (χ3n) is 3.00. The van der Waals surface area contributed by atoms with Crippen molar-refractivity contribution < 1.29 is 23.1 Å². The standard InChI is InChI=1S/C14H18F3NO2/c1-10(9-18-8-2-3-13(19)20)11-4-6-12(7-5-11)14(15,16)17/h4-7,10,18H,2-3,8-9H2,1H3,(H,19,20). The third-order valence-corrected chi connectivity index (χ3v) is 3.00. The van der Waals surface area contributed by atoms with Gasteiger partial charge in [0.15, 0.2) is 0 Å². The quantitative estimate of drug-likeness (QED) is 0.757. The predicted molar refractivity (Wildman–Crippen MR) is 69.6 cm³/mol. The summed E-state index contributed by atoms with van der Waals surface area (Å²) in [6.45, 7) is 3.09. The molecule has 112 valence electrons. The number of carboxylic acid groups (broad SMARTS) is 1. The Morgan fingerprint density at radius 1 is 1.30 bits per heavy atom. The van der Waals surface area contributed by atoms with Crippen LogP contribution >= 0.6 is 0 Å². The molecule has 1 atom stereocenters. The predicted octanol–water partition coefficient (Wildman–Crippen LogP) is 3.26. The summed E-state index contributed by atoms with van der Waals surface area (Å²) in [6.07, 6.45) is -3.66. The van der Waals surface area contributed by atoms with Gasteiger partial charge in [-0.1, -0.05) is 19.1 Å². The second kappa shape index (κ2) is 7.28. The van der Waals surface area contributed by atoms with Crippen molar-refractivity contribution in [2.45, 2.75) is 31.9 Å². The topological polar surface area (TPSA) is 49.3 Å². The van der Waals surface area contributed by atoms with E-state index in [9.17, 15) is 18.0 Å². The molecule has 0 aliphatic heterocycles. The molecule has 1 aromatic carbocycles. The largest absolute Gasteiger partial charge is 0.481 e. The normalized spacial score (nSPS) is 13.2. The molecule has 6 heteroatoms. The van der Waals surface area contributed by atoms with Gasteiger partial charge in [0.1, 0.15) is 0 Å². The van der Waals surface area contributed by atoms with Crippen LogP contribution in [-0.2, 0) is 11.0 Å². The molecule has 1 aromatic rings. The highest BCUT2D eigenvalue weighted by Crippen LogP contribution is 2.30. The number of aliphatic carboxylic acids is 1. The minimum atomic E-state index is -4.31. The van der Waals surface area contributed by atoms with Crippen LogP contribution in [0, 0.1) is 0 Å². The lowest BCUT2D eigenvalue weighted by atomic mass is 9.99. The summed E-state index contributed by atoms with van der Waals surface area (Å²) in [5.41, 5.74) is 0.173. The number of benzene rings is 1. The first-order valence-electron chi connectivity index (χ1n) is 6.40. The van der Waals surface area contributed by atoms with Crippen LogP contribution in [0.3, 0.4) is 0 Å². The Morgan fingerprint density at radius 3 is 2.40 bits per heavy atom. The van der Waals surface area contributed by atoms with Crippen molar-refractivity contribution in [2.75, 3.05) is 13.1 Å². The number of alkyl halides is 3. The average molecular weight is 289 g/mol. The minimum Gasteiger partial charge on any atom is -0.481 e. The number of hydrogen-bond donors (Lipinski definition) is 2. The van der Waals surface area contributed by atoms with Gasteiger partial charge in [0, 0.05) is 13.0 Å². The van der Waals surface area contributed by atoms with Gasteiger partial charge >= 0.3 is 12.1 Å². The van der Waals surface area contributed by atoms with E-state index in [0.29, 0.717) is 19.5 Å². The highest BCUT2D eigenvalue weighted by molar-refractivity contribution is 5.66. The van der Waals surface area contributed by atoms with E-state index >= 15 is 0 Å². The van der Waals surface area contributed by atoms with Crippen molar-refractivity contribution in [1.29, 1.82) is 0 Å². The van der Waals surface area contributed by atoms with Crippen LogP contribution in [0.4, 0.5) is 13.2 Å². The Kier molecular flexibility index (Phi) is 6.01. The maximum absolute atomic E-state index is 12.4. The fourth-order valence-electron chi connectivity index (χ4n) is 1.80. The molecule has 0 spiro atoms. The fourth-order valence-corrected chi connectivity index (χ4v) is 1.80. The summed E-state index contributed by atoms with van der Waals surface area (Å²) < 4.78 is 37.2. The van der Waals surface area contributed by atoms with E-state index in [1.165, 1.54) is 12.1 Å². The summed E-state index contributed by atoms with van der Waals surface area (Å²) in [4.78, 5) is 10.3. The van der Waals surface area contributed by atoms with Crippen LogP contribution in [-0.4, -0.2) is 24.2 Å². The molecule has 0 saturated carbocycles. The average Bonchev–Trinajstić information content (AvgIpc) is 2.37. The van der Waals surface area contributed by atoms with E-state index in [4.69, 9.17) is 5.11 Å². The summed E-state index contributed by atoms with van der Waals surface area (Å²) in [7, 11) is 0. The van der Waals surface area contributed by atoms with Gasteiger partial charge in [-0.2, -0.15) is 13.2 Å². The Bertz CT molecular complexity index is 429. The zero-order chi connectivity index (χ0) is 15.2. The summed E-state index contributed by atoms with van der Waals surface area (Å²) >= 11 is 0. The SMILES string of the molecule is CC(CNCCCC(=O)O)c1ccc(C(F)(F)F)cc1. The molecule has 0 bridgehead atoms. The molecule has 1 unspecified atom stereocenters. The maximum atomic E-state index is 12.4. The number of halogens is 3. The first kappa shape index (κ1) is 16.5. The lowest BCUT2D eigenvalue weighted by molar-refractivity contribution is -0.138. The van der Waals surface area contributed by atoms with Crippen molar-refractivity contribution in [3.05, 3.63) is 35.4 Å². The van der Waals surface area contributed by atoms with E-state index < -0.39 is 17.7 Å². The highest BCUT2D eigenvalue weighted by atomic mass is 19.4. The molecule has 0 amide bonds. The number of carboxylic acids is 1. The van der Waals surface area contributed by atoms with Crippen molar-refractivity contribution in [3.8, 4) is 0 Å². The van der Waals surface area contributed by atoms with Crippen LogP contribution < -0.4 is 5.32 Å². The molecular weight excluding hydrogens is 271 g/mol. The van der Waals surface area contributed by atoms with Crippen LogP contribution in [0.1, 0.15) is 36.8 Å². The molecule has 2 N–H and O–H groups in total. The zero-order valence-electron chi connectivity index (χ0n) is 11.2. The molecule has 0 aliphatic carbocycles. The van der Waals surface area contributed by atoms with E-state index in [2.05, 4.69) is 5.32 Å². The van der Waals surface area contributed by atoms with Gasteiger partial charge in [-0.05, 0) is 36.6 Å². The smallest absolute Gasteiger partial charge is 0.416 e. The molecule has 20 heavy (non-hydrogen) atoms. The lowest BCUT2D eigenvalue weighted by Crippen LogP contribution is -2.21. The first-order chi connectivity index (χ1) is 9.30. The molecule has 0 saturated heterocycles. The van der Waals surface area contributed by atoms with Gasteiger partial charge in [0.2, 0.25) is 0 Å². The van der Waals surface area contributed by atoms with E-state index in [1.807, 2.05) is 6.92 Å². The van der Waals surface area contributed by atoms with Crippen molar-refractivity contribution in [1.82, 2.24) is 5.32 Å². The summed E-state index contributed by atoms with van der Waals surface area (Å²) in [5.74, 6) is -0.760. The molecule has 0 heterocycles. The van der Waals surface area contributed by atoms with Crippen molar-refractivity contribution in [3.63, 3.8) is 0 Å². The summed E-state index contributed by atoms with van der Waals surface area (Å²) in [5, 5.41) is 11.6. The van der Waals surface area contributed by atoms with Crippen LogP contribution in [0.15, 0.2) is 24.3 Å². The van der Waals surface area contributed by atoms with Crippen LogP contribution in [0.25, 0.3) is 0 Å². The van der Waals surface area contributed by atoms with Crippen LogP contribution in [0.2, 0.25) is 0 Å². The third kappa shape index (κ3) is 5.61. The Hall–Kier alpha value is -1.56. The molecule has 0 fully saturated rings. The van der Waals surface area contributed by atoms with Gasteiger partial charge in [0.25, 0.3) is 0 Å². The van der Waals surface area contributed by atoms with Gasteiger partial charge < -0.3 is 10.4 Å². The van der Waals surface area contributed by atoms with Crippen molar-refractivity contribution in [2.24, 2.45) is 0 Å². The Morgan fingerprint density at radius 2 is 1.90 bits per heavy atom. The van der Waals surface area contributed by atoms with E-state index in [0.717, 1.165) is 17.7 Å². The Labute approximate surface area is 115 Å². The number of carbonyl (C=O) groups is 1. The minimum absolute atomic E-state index is 0.0714. The molecule has 1 rings (SSSR count). The molecule has 0 aliphatic rings. The molecular formula is C14H18F3NO2. The van der Waals surface area contributed by atoms with Gasteiger partial charge in [0.05, 0.1) is 5.56 Å². The van der Waals surface area contributed by atoms with Crippen LogP contribution in [0.5, 0.6) is 0 Å². The lowest BCUT2D eigenvalue weighted by Gasteiger charge is -2.14. The van der Waals surface area contributed by atoms with E-state index in [-0.39, 0.29) is 12.3 Å². The number of nitrogens with one attached hydrogen (secondary N) is 1. The van der Waals surface area contributed by atoms with Gasteiger partial charge in [-0.15, -0.1) is 0 Å². The van der Waals surface area contributed by atoms with E-state index in [1.54, 1.807) is 0 Å². The second-order valence-electron chi connectivity index (χ2n) is 4.72.